The third kappa shape index (κ3) is 4.17. The summed E-state index contributed by atoms with van der Waals surface area (Å²) in [5, 5.41) is 2.89. The van der Waals surface area contributed by atoms with E-state index in [4.69, 9.17) is 18.9 Å². The molecule has 0 atom stereocenters. The van der Waals surface area contributed by atoms with Crippen molar-refractivity contribution in [2.24, 2.45) is 0 Å². The maximum atomic E-state index is 12.8. The van der Waals surface area contributed by atoms with Gasteiger partial charge in [-0.05, 0) is 42.0 Å². The Morgan fingerprint density at radius 2 is 1.53 bits per heavy atom. The van der Waals surface area contributed by atoms with E-state index in [-0.39, 0.29) is 19.5 Å². The fourth-order valence-corrected chi connectivity index (χ4v) is 4.33. The molecule has 9 nitrogen and oxygen atoms in total. The van der Waals surface area contributed by atoms with Gasteiger partial charge in [-0.3, -0.25) is 9.69 Å². The molecule has 1 aromatic heterocycles. The highest BCUT2D eigenvalue weighted by Gasteiger charge is 2.21. The highest BCUT2D eigenvalue weighted by atomic mass is 16.7. The van der Waals surface area contributed by atoms with E-state index < -0.39 is 0 Å². The number of carbonyl (C=O) groups excluding carboxylic acids is 1. The van der Waals surface area contributed by atoms with Gasteiger partial charge in [0.2, 0.25) is 13.6 Å². The number of anilines is 2. The Kier molecular flexibility index (Phi) is 5.31. The van der Waals surface area contributed by atoms with Gasteiger partial charge in [-0.2, -0.15) is 0 Å². The molecule has 1 fully saturated rings. The highest BCUT2D eigenvalue weighted by Crippen LogP contribution is 2.34. The number of hydrogen-bond acceptors (Lipinski definition) is 8. The Morgan fingerprint density at radius 3 is 2.32 bits per heavy atom. The second-order valence-corrected chi connectivity index (χ2v) is 8.35. The molecule has 2 aromatic carbocycles. The molecule has 1 saturated heterocycles. The molecule has 34 heavy (non-hydrogen) atoms. The van der Waals surface area contributed by atoms with Crippen LogP contribution in [-0.2, 0) is 6.54 Å². The van der Waals surface area contributed by atoms with E-state index in [1.165, 1.54) is 5.56 Å². The predicted octanol–water partition coefficient (Wildman–Crippen LogP) is 3.11. The van der Waals surface area contributed by atoms with Gasteiger partial charge in [0.1, 0.15) is 11.5 Å². The van der Waals surface area contributed by atoms with Crippen LogP contribution in [0.15, 0.2) is 54.6 Å². The summed E-state index contributed by atoms with van der Waals surface area (Å²) in [4.78, 5) is 22.0. The number of piperazine rings is 1. The molecule has 3 aliphatic heterocycles. The van der Waals surface area contributed by atoms with E-state index in [1.54, 1.807) is 24.3 Å². The van der Waals surface area contributed by atoms with Gasteiger partial charge < -0.3 is 29.2 Å². The molecular formula is C25H24N4O5. The first-order valence-corrected chi connectivity index (χ1v) is 11.3. The second-order valence-electron chi connectivity index (χ2n) is 8.35. The quantitative estimate of drug-likeness (QED) is 0.622. The van der Waals surface area contributed by atoms with Gasteiger partial charge in [0.05, 0.1) is 0 Å². The van der Waals surface area contributed by atoms with Crippen molar-refractivity contribution < 1.29 is 23.7 Å². The van der Waals surface area contributed by atoms with Crippen molar-refractivity contribution >= 4 is 17.4 Å². The van der Waals surface area contributed by atoms with Crippen molar-refractivity contribution in [2.75, 3.05) is 50.0 Å². The number of nitrogens with zero attached hydrogens (tertiary/aromatic N) is 3. The molecule has 0 radical (unpaired) electrons. The standard InChI is InChI=1S/C25H24N4O5/c30-25(26-18-5-7-21-23(13-18)34-16-32-21)19-2-1-3-24(27-19)29-10-8-28(9-11-29)14-17-4-6-20-22(12-17)33-15-31-20/h1-7,12-13H,8-11,14-16H2,(H,26,30). The lowest BCUT2D eigenvalue weighted by molar-refractivity contribution is 0.102. The molecule has 0 bridgehead atoms. The number of benzene rings is 2. The zero-order chi connectivity index (χ0) is 22.9. The fourth-order valence-electron chi connectivity index (χ4n) is 4.33. The average Bonchev–Trinajstić information content (AvgIpc) is 3.53. The number of nitrogens with one attached hydrogen (secondary N) is 1. The van der Waals surface area contributed by atoms with E-state index in [9.17, 15) is 4.79 Å². The van der Waals surface area contributed by atoms with E-state index in [0.717, 1.165) is 50.0 Å². The molecule has 3 aromatic rings. The fraction of sp³-hybridized carbons (Fsp3) is 0.280. The van der Waals surface area contributed by atoms with Gasteiger partial charge in [0, 0.05) is 44.5 Å². The van der Waals surface area contributed by atoms with Crippen molar-refractivity contribution in [1.82, 2.24) is 9.88 Å². The minimum absolute atomic E-state index is 0.195. The molecule has 0 unspecified atom stereocenters. The monoisotopic (exact) mass is 460 g/mol. The van der Waals surface area contributed by atoms with Crippen LogP contribution < -0.4 is 29.2 Å². The number of aromatic nitrogens is 1. The number of rotatable bonds is 5. The van der Waals surface area contributed by atoms with Crippen molar-refractivity contribution in [3.8, 4) is 23.0 Å². The summed E-state index contributed by atoms with van der Waals surface area (Å²) in [6.45, 7) is 4.83. The minimum Gasteiger partial charge on any atom is -0.454 e. The molecule has 3 aliphatic rings. The van der Waals surface area contributed by atoms with Crippen LogP contribution in [0.2, 0.25) is 0 Å². The van der Waals surface area contributed by atoms with Gasteiger partial charge in [0.15, 0.2) is 23.0 Å². The molecule has 174 valence electrons. The SMILES string of the molecule is O=C(Nc1ccc2c(c1)OCO2)c1cccc(N2CCN(Cc3ccc4c(c3)OCO4)CC2)n1. The first-order valence-electron chi connectivity index (χ1n) is 11.3. The van der Waals surface area contributed by atoms with Crippen LogP contribution in [0.5, 0.6) is 23.0 Å². The third-order valence-electron chi connectivity index (χ3n) is 6.14. The summed E-state index contributed by atoms with van der Waals surface area (Å²) in [6, 6.07) is 17.0. The molecule has 0 saturated carbocycles. The van der Waals surface area contributed by atoms with Gasteiger partial charge >= 0.3 is 0 Å². The van der Waals surface area contributed by atoms with E-state index >= 15 is 0 Å². The number of fused-ring (bicyclic) bond motifs is 2. The largest absolute Gasteiger partial charge is 0.454 e. The summed E-state index contributed by atoms with van der Waals surface area (Å²) >= 11 is 0. The Morgan fingerprint density at radius 1 is 0.824 bits per heavy atom. The lowest BCUT2D eigenvalue weighted by Gasteiger charge is -2.35. The van der Waals surface area contributed by atoms with Crippen LogP contribution in [-0.4, -0.2) is 55.6 Å². The number of amides is 1. The molecule has 9 heteroatoms. The molecular weight excluding hydrogens is 436 g/mol. The lowest BCUT2D eigenvalue weighted by Crippen LogP contribution is -2.46. The molecule has 0 aliphatic carbocycles. The van der Waals surface area contributed by atoms with Crippen LogP contribution in [0.1, 0.15) is 16.1 Å². The van der Waals surface area contributed by atoms with Gasteiger partial charge in [-0.15, -0.1) is 0 Å². The predicted molar refractivity (Wildman–Crippen MR) is 125 cm³/mol. The number of ether oxygens (including phenoxy) is 4. The van der Waals surface area contributed by atoms with Crippen LogP contribution in [0.4, 0.5) is 11.5 Å². The van der Waals surface area contributed by atoms with Crippen LogP contribution in [0.25, 0.3) is 0 Å². The zero-order valence-electron chi connectivity index (χ0n) is 18.5. The summed E-state index contributed by atoms with van der Waals surface area (Å²) in [6.07, 6.45) is 0. The van der Waals surface area contributed by atoms with E-state index in [1.807, 2.05) is 18.2 Å². The zero-order valence-corrected chi connectivity index (χ0v) is 18.5. The van der Waals surface area contributed by atoms with Gasteiger partial charge in [0.25, 0.3) is 5.91 Å². The lowest BCUT2D eigenvalue weighted by atomic mass is 10.1. The topological polar surface area (TPSA) is 85.4 Å². The summed E-state index contributed by atoms with van der Waals surface area (Å²) in [5.74, 6) is 3.47. The summed E-state index contributed by atoms with van der Waals surface area (Å²) in [7, 11) is 0. The number of carbonyl (C=O) groups is 1. The summed E-state index contributed by atoms with van der Waals surface area (Å²) < 4.78 is 21.6. The first-order chi connectivity index (χ1) is 16.7. The maximum absolute atomic E-state index is 12.8. The molecule has 1 N–H and O–H groups in total. The van der Waals surface area contributed by atoms with E-state index in [0.29, 0.717) is 22.9 Å². The Balaban J connectivity index is 1.07. The van der Waals surface area contributed by atoms with Gasteiger partial charge in [-0.25, -0.2) is 4.98 Å². The van der Waals surface area contributed by atoms with Gasteiger partial charge in [-0.1, -0.05) is 12.1 Å². The molecule has 6 rings (SSSR count). The first kappa shape index (κ1) is 20.6. The van der Waals surface area contributed by atoms with Crippen molar-refractivity contribution in [3.05, 3.63) is 65.9 Å². The highest BCUT2D eigenvalue weighted by molar-refractivity contribution is 6.03. The Labute approximate surface area is 196 Å². The minimum atomic E-state index is -0.262. The molecule has 4 heterocycles. The second kappa shape index (κ2) is 8.75. The Bertz CT molecular complexity index is 1230. The van der Waals surface area contributed by atoms with Crippen LogP contribution in [0.3, 0.4) is 0 Å². The third-order valence-corrected chi connectivity index (χ3v) is 6.14. The van der Waals surface area contributed by atoms with Crippen molar-refractivity contribution in [1.29, 1.82) is 0 Å². The Hall–Kier alpha value is -3.98. The van der Waals surface area contributed by atoms with Crippen LogP contribution >= 0.6 is 0 Å². The van der Waals surface area contributed by atoms with Crippen LogP contribution in [0, 0.1) is 0 Å². The molecule has 0 spiro atoms. The molecule has 1 amide bonds. The average molecular weight is 460 g/mol. The van der Waals surface area contributed by atoms with E-state index in [2.05, 4.69) is 32.2 Å². The van der Waals surface area contributed by atoms with Crippen molar-refractivity contribution in [3.63, 3.8) is 0 Å². The normalized spacial score (nSPS) is 16.5. The summed E-state index contributed by atoms with van der Waals surface area (Å²) in [5.41, 5.74) is 2.22. The smallest absolute Gasteiger partial charge is 0.274 e. The number of hydrogen-bond donors (Lipinski definition) is 1. The maximum Gasteiger partial charge on any atom is 0.274 e. The number of pyridine rings is 1. The van der Waals surface area contributed by atoms with Crippen molar-refractivity contribution in [2.45, 2.75) is 6.54 Å².